The minimum atomic E-state index is -0.106. The van der Waals surface area contributed by atoms with Gasteiger partial charge >= 0.3 is 0 Å². The fourth-order valence-electron chi connectivity index (χ4n) is 9.22. The minimum absolute atomic E-state index is 0.106. The summed E-state index contributed by atoms with van der Waals surface area (Å²) in [5, 5.41) is 0. The minimum Gasteiger partial charge on any atom is -0.458 e. The molecule has 2 aliphatic heterocycles. The van der Waals surface area contributed by atoms with Crippen LogP contribution in [0, 0.1) is 13.8 Å². The molecule has 3 nitrogen and oxygen atoms in total. The van der Waals surface area contributed by atoms with Crippen LogP contribution in [0.5, 0.6) is 23.0 Å². The van der Waals surface area contributed by atoms with E-state index < -0.39 is 0 Å². The Morgan fingerprint density at radius 1 is 0.350 bits per heavy atom. The van der Waals surface area contributed by atoms with Crippen molar-refractivity contribution in [1.29, 1.82) is 0 Å². The van der Waals surface area contributed by atoms with Gasteiger partial charge in [-0.2, -0.15) is 0 Å². The van der Waals surface area contributed by atoms with Crippen LogP contribution in [0.15, 0.2) is 206 Å². The molecular formula is C56H40BNO2. The average Bonchev–Trinajstić information content (AvgIpc) is 3.30. The molecule has 284 valence electrons. The zero-order valence-electron chi connectivity index (χ0n) is 33.5. The molecule has 0 amide bonds. The number of hydrogen-bond acceptors (Lipinski definition) is 3. The van der Waals surface area contributed by atoms with Crippen LogP contribution >= 0.6 is 0 Å². The molecule has 0 saturated heterocycles. The summed E-state index contributed by atoms with van der Waals surface area (Å²) in [6, 6.07) is 73.9. The quantitative estimate of drug-likeness (QED) is 0.166. The van der Waals surface area contributed by atoms with Crippen molar-refractivity contribution in [1.82, 2.24) is 0 Å². The molecule has 0 atom stereocenters. The average molecular weight is 770 g/mol. The van der Waals surface area contributed by atoms with E-state index in [1.807, 2.05) is 12.1 Å². The van der Waals surface area contributed by atoms with Gasteiger partial charge in [0.2, 0.25) is 0 Å². The van der Waals surface area contributed by atoms with Crippen LogP contribution in [0.25, 0.3) is 44.5 Å². The van der Waals surface area contributed by atoms with Crippen LogP contribution in [-0.2, 0) is 0 Å². The number of nitrogens with zero attached hydrogens (tertiary/aromatic N) is 1. The Morgan fingerprint density at radius 3 is 1.40 bits per heavy atom. The third kappa shape index (κ3) is 6.08. The van der Waals surface area contributed by atoms with E-state index >= 15 is 0 Å². The van der Waals surface area contributed by atoms with Crippen LogP contribution in [-0.4, -0.2) is 6.71 Å². The summed E-state index contributed by atoms with van der Waals surface area (Å²) in [6.07, 6.45) is 0. The van der Waals surface area contributed by atoms with Crippen molar-refractivity contribution in [3.8, 4) is 67.5 Å². The lowest BCUT2D eigenvalue weighted by Crippen LogP contribution is -2.56. The molecule has 0 fully saturated rings. The number of hydrogen-bond donors (Lipinski definition) is 0. The van der Waals surface area contributed by atoms with Gasteiger partial charge < -0.3 is 14.4 Å². The summed E-state index contributed by atoms with van der Waals surface area (Å²) in [4.78, 5) is 2.41. The van der Waals surface area contributed by atoms with Gasteiger partial charge in [0.1, 0.15) is 23.0 Å². The summed E-state index contributed by atoms with van der Waals surface area (Å²) < 4.78 is 13.9. The standard InChI is InChI=1S/C56H40BNO2/c1-37-28-32-50-46(34-37)44-20-9-12-25-52(44)59-53-26-13-10-21-45(53)47-35-38(2)29-33-51(47)58(50)41-30-31-49-55(36-41)60-54-27-14-11-24-48(54)57(49)56-42(39-16-5-3-6-17-39)22-15-23-43(56)40-18-7-4-8-19-40/h3-36H,1-2H3. The molecule has 0 saturated carbocycles. The van der Waals surface area contributed by atoms with Crippen LogP contribution in [0.4, 0.5) is 17.1 Å². The highest BCUT2D eigenvalue weighted by Crippen LogP contribution is 2.51. The van der Waals surface area contributed by atoms with E-state index in [1.54, 1.807) is 0 Å². The first-order valence-corrected chi connectivity index (χ1v) is 20.6. The number of para-hydroxylation sites is 3. The predicted octanol–water partition coefficient (Wildman–Crippen LogP) is 13.2. The fourth-order valence-corrected chi connectivity index (χ4v) is 9.22. The molecule has 2 aliphatic rings. The topological polar surface area (TPSA) is 21.7 Å². The molecule has 60 heavy (non-hydrogen) atoms. The van der Waals surface area contributed by atoms with Gasteiger partial charge in [0, 0.05) is 34.0 Å². The van der Waals surface area contributed by atoms with Crippen LogP contribution < -0.4 is 30.8 Å². The van der Waals surface area contributed by atoms with Crippen molar-refractivity contribution in [2.75, 3.05) is 4.90 Å². The molecule has 9 aromatic carbocycles. The highest BCUT2D eigenvalue weighted by Gasteiger charge is 2.37. The smallest absolute Gasteiger partial charge is 0.252 e. The van der Waals surface area contributed by atoms with Gasteiger partial charge in [-0.05, 0) is 95.6 Å². The number of ether oxygens (including phenoxy) is 2. The Hall–Kier alpha value is -7.56. The fraction of sp³-hybridized carbons (Fsp3) is 0.0357. The molecule has 0 spiro atoms. The molecule has 0 radical (unpaired) electrons. The lowest BCUT2D eigenvalue weighted by molar-refractivity contribution is 0.486. The molecule has 9 aromatic rings. The number of anilines is 3. The maximum Gasteiger partial charge on any atom is 0.252 e. The summed E-state index contributed by atoms with van der Waals surface area (Å²) in [7, 11) is 0. The van der Waals surface area contributed by atoms with Crippen molar-refractivity contribution in [3.63, 3.8) is 0 Å². The van der Waals surface area contributed by atoms with Crippen molar-refractivity contribution >= 4 is 40.2 Å². The van der Waals surface area contributed by atoms with Crippen LogP contribution in [0.2, 0.25) is 0 Å². The second-order valence-electron chi connectivity index (χ2n) is 15.8. The molecule has 0 unspecified atom stereocenters. The predicted molar refractivity (Wildman–Crippen MR) is 250 cm³/mol. The molecule has 0 aromatic heterocycles. The third-order valence-electron chi connectivity index (χ3n) is 11.9. The number of aryl methyl sites for hydroxylation is 2. The summed E-state index contributed by atoms with van der Waals surface area (Å²) in [6.45, 7) is 4.20. The monoisotopic (exact) mass is 769 g/mol. The number of benzene rings is 9. The van der Waals surface area contributed by atoms with Gasteiger partial charge in [-0.15, -0.1) is 0 Å². The van der Waals surface area contributed by atoms with Gasteiger partial charge in [-0.1, -0.05) is 168 Å². The second-order valence-corrected chi connectivity index (χ2v) is 15.8. The number of fused-ring (bicyclic) bond motifs is 8. The largest absolute Gasteiger partial charge is 0.458 e. The maximum atomic E-state index is 7.03. The van der Waals surface area contributed by atoms with E-state index in [4.69, 9.17) is 9.47 Å². The Bertz CT molecular complexity index is 2930. The van der Waals surface area contributed by atoms with E-state index in [9.17, 15) is 0 Å². The lowest BCUT2D eigenvalue weighted by Gasteiger charge is -2.34. The SMILES string of the molecule is Cc1ccc2c(c1)-c1ccccc1Oc1ccccc1-c1cc(C)ccc1N2c1ccc2c(c1)Oc1ccccc1B2c1c(-c2ccccc2)cccc1-c1ccccc1. The maximum absolute atomic E-state index is 7.03. The first-order chi connectivity index (χ1) is 29.6. The van der Waals surface area contributed by atoms with Crippen molar-refractivity contribution in [2.45, 2.75) is 13.8 Å². The number of rotatable bonds is 4. The molecular weight excluding hydrogens is 729 g/mol. The summed E-state index contributed by atoms with van der Waals surface area (Å²) >= 11 is 0. The van der Waals surface area contributed by atoms with Gasteiger partial charge in [0.15, 0.2) is 0 Å². The van der Waals surface area contributed by atoms with E-state index in [1.165, 1.54) is 38.8 Å². The molecule has 0 bridgehead atoms. The van der Waals surface area contributed by atoms with E-state index in [0.717, 1.165) is 73.2 Å². The van der Waals surface area contributed by atoms with Gasteiger partial charge in [0.25, 0.3) is 6.71 Å². The normalized spacial score (nSPS) is 12.4. The molecule has 0 N–H and O–H groups in total. The zero-order chi connectivity index (χ0) is 40.2. The van der Waals surface area contributed by atoms with Crippen LogP contribution in [0.1, 0.15) is 11.1 Å². The molecule has 4 heteroatoms. The first-order valence-electron chi connectivity index (χ1n) is 20.6. The Balaban J connectivity index is 1.18. The Kier molecular flexibility index (Phi) is 8.71. The van der Waals surface area contributed by atoms with E-state index in [0.29, 0.717) is 0 Å². The van der Waals surface area contributed by atoms with E-state index in [-0.39, 0.29) is 6.71 Å². The third-order valence-corrected chi connectivity index (χ3v) is 11.9. The van der Waals surface area contributed by atoms with Gasteiger partial charge in [-0.25, -0.2) is 0 Å². The van der Waals surface area contributed by atoms with Crippen molar-refractivity contribution in [3.05, 3.63) is 217 Å². The highest BCUT2D eigenvalue weighted by molar-refractivity contribution is 6.98. The lowest BCUT2D eigenvalue weighted by atomic mass is 9.34. The molecule has 0 aliphatic carbocycles. The van der Waals surface area contributed by atoms with E-state index in [2.05, 4.69) is 213 Å². The zero-order valence-corrected chi connectivity index (χ0v) is 33.5. The van der Waals surface area contributed by atoms with Crippen LogP contribution in [0.3, 0.4) is 0 Å². The Morgan fingerprint density at radius 2 is 0.817 bits per heavy atom. The Labute approximate surface area is 351 Å². The second kappa shape index (κ2) is 14.7. The summed E-state index contributed by atoms with van der Waals surface area (Å²) in [5.74, 6) is 3.32. The van der Waals surface area contributed by atoms with Crippen molar-refractivity contribution < 1.29 is 9.47 Å². The first kappa shape index (κ1) is 35.6. The summed E-state index contributed by atoms with van der Waals surface area (Å²) in [5.41, 5.74) is 18.0. The van der Waals surface area contributed by atoms with Gasteiger partial charge in [-0.3, -0.25) is 0 Å². The molecule has 2 heterocycles. The van der Waals surface area contributed by atoms with Gasteiger partial charge in [0.05, 0.1) is 11.4 Å². The molecule has 11 rings (SSSR count). The van der Waals surface area contributed by atoms with Crippen molar-refractivity contribution in [2.24, 2.45) is 0 Å². The highest BCUT2D eigenvalue weighted by atomic mass is 16.5.